The van der Waals surface area contributed by atoms with E-state index < -0.39 is 5.97 Å². The van der Waals surface area contributed by atoms with Gasteiger partial charge in [-0.25, -0.2) is 4.79 Å². The van der Waals surface area contributed by atoms with E-state index >= 15 is 0 Å². The summed E-state index contributed by atoms with van der Waals surface area (Å²) in [5.41, 5.74) is 1.58. The van der Waals surface area contributed by atoms with E-state index in [-0.39, 0.29) is 12.2 Å². The average Bonchev–Trinajstić information content (AvgIpc) is 2.70. The molecule has 1 heterocycles. The van der Waals surface area contributed by atoms with Crippen molar-refractivity contribution in [1.29, 1.82) is 0 Å². The summed E-state index contributed by atoms with van der Waals surface area (Å²) < 4.78 is 15.6. The Morgan fingerprint density at radius 2 is 1.74 bits per heavy atom. The first-order valence-electron chi connectivity index (χ1n) is 8.28. The van der Waals surface area contributed by atoms with E-state index in [0.717, 1.165) is 16.5 Å². The fourth-order valence-corrected chi connectivity index (χ4v) is 2.59. The van der Waals surface area contributed by atoms with E-state index in [0.29, 0.717) is 17.1 Å². The van der Waals surface area contributed by atoms with Gasteiger partial charge in [0.25, 0.3) is 5.56 Å². The molecule has 1 N–H and O–H groups in total. The van der Waals surface area contributed by atoms with E-state index in [2.05, 4.69) is 4.98 Å². The Morgan fingerprint density at radius 3 is 2.44 bits per heavy atom. The minimum Gasteiger partial charge on any atom is -0.497 e. The van der Waals surface area contributed by atoms with Crippen molar-refractivity contribution in [2.75, 3.05) is 14.2 Å². The normalized spacial score (nSPS) is 10.9. The summed E-state index contributed by atoms with van der Waals surface area (Å²) in [6, 6.07) is 14.4. The lowest BCUT2D eigenvalue weighted by molar-refractivity contribution is -0.138. The number of hydrogen-bond donors (Lipinski definition) is 1. The molecule has 0 spiro atoms. The molecule has 0 fully saturated rings. The number of rotatable bonds is 6. The molecule has 27 heavy (non-hydrogen) atoms. The monoisotopic (exact) mass is 365 g/mol. The summed E-state index contributed by atoms with van der Waals surface area (Å²) in [7, 11) is 3.11. The van der Waals surface area contributed by atoms with Crippen LogP contribution in [0.25, 0.3) is 17.0 Å². The number of pyridine rings is 1. The maximum absolute atomic E-state index is 12.1. The van der Waals surface area contributed by atoms with E-state index in [9.17, 15) is 9.59 Å². The molecular weight excluding hydrogens is 346 g/mol. The number of fused-ring (bicyclic) bond motifs is 1. The number of nitrogens with one attached hydrogen (secondary N) is 1. The zero-order chi connectivity index (χ0) is 19.2. The van der Waals surface area contributed by atoms with Gasteiger partial charge in [0.2, 0.25) is 0 Å². The predicted molar refractivity (Wildman–Crippen MR) is 103 cm³/mol. The molecule has 0 atom stereocenters. The molecule has 3 rings (SSSR count). The van der Waals surface area contributed by atoms with Crippen LogP contribution < -0.4 is 15.0 Å². The number of aromatic amines is 1. The Morgan fingerprint density at radius 1 is 1.04 bits per heavy atom. The van der Waals surface area contributed by atoms with Gasteiger partial charge in [0.1, 0.15) is 18.1 Å². The lowest BCUT2D eigenvalue weighted by Gasteiger charge is -2.06. The highest BCUT2D eigenvalue weighted by Crippen LogP contribution is 2.23. The maximum atomic E-state index is 12.1. The molecule has 6 nitrogen and oxygen atoms in total. The Hall–Kier alpha value is -3.54. The van der Waals surface area contributed by atoms with E-state index in [4.69, 9.17) is 14.2 Å². The Bertz CT molecular complexity index is 1030. The van der Waals surface area contributed by atoms with Crippen LogP contribution in [0.5, 0.6) is 11.5 Å². The molecule has 0 saturated heterocycles. The number of esters is 1. The highest BCUT2D eigenvalue weighted by Gasteiger charge is 2.06. The standard InChI is InChI=1S/C21H19NO5/c1-25-17-9-14(10-18(12-17)26-2)7-8-20(23)27-13-16-11-15-5-3-4-6-19(15)22-21(16)24/h3-12H,13H2,1-2H3,(H,22,24)/b8-7+. The molecule has 0 amide bonds. The third-order valence-electron chi connectivity index (χ3n) is 3.99. The largest absolute Gasteiger partial charge is 0.497 e. The Balaban J connectivity index is 1.69. The molecule has 6 heteroatoms. The molecular formula is C21H19NO5. The van der Waals surface area contributed by atoms with Crippen molar-refractivity contribution in [2.24, 2.45) is 0 Å². The van der Waals surface area contributed by atoms with Gasteiger partial charge in [-0.05, 0) is 41.3 Å². The maximum Gasteiger partial charge on any atom is 0.331 e. The molecule has 3 aromatic rings. The van der Waals surface area contributed by atoms with Gasteiger partial charge in [0.05, 0.1) is 19.8 Å². The third kappa shape index (κ3) is 4.55. The SMILES string of the molecule is COc1cc(/C=C/C(=O)OCc2cc3ccccc3[nH]c2=O)cc(OC)c1. The summed E-state index contributed by atoms with van der Waals surface area (Å²) >= 11 is 0. The summed E-state index contributed by atoms with van der Waals surface area (Å²) in [5, 5.41) is 0.877. The van der Waals surface area contributed by atoms with Gasteiger partial charge in [-0.3, -0.25) is 4.79 Å². The Kier molecular flexibility index (Phi) is 5.56. The molecule has 0 aliphatic carbocycles. The van der Waals surface area contributed by atoms with Crippen LogP contribution in [0.2, 0.25) is 0 Å². The van der Waals surface area contributed by atoms with Crippen molar-refractivity contribution < 1.29 is 19.0 Å². The van der Waals surface area contributed by atoms with Crippen LogP contribution in [0.15, 0.2) is 59.4 Å². The zero-order valence-corrected chi connectivity index (χ0v) is 15.0. The van der Waals surface area contributed by atoms with Gasteiger partial charge in [-0.2, -0.15) is 0 Å². The Labute approximate surface area is 156 Å². The van der Waals surface area contributed by atoms with Crippen molar-refractivity contribution in [1.82, 2.24) is 4.98 Å². The summed E-state index contributed by atoms with van der Waals surface area (Å²) in [6.07, 6.45) is 2.89. The van der Waals surface area contributed by atoms with Crippen LogP contribution in [0.1, 0.15) is 11.1 Å². The van der Waals surface area contributed by atoms with Crippen molar-refractivity contribution >= 4 is 22.9 Å². The van der Waals surface area contributed by atoms with Gasteiger partial charge < -0.3 is 19.2 Å². The zero-order valence-electron chi connectivity index (χ0n) is 15.0. The topological polar surface area (TPSA) is 77.6 Å². The van der Waals surface area contributed by atoms with Crippen LogP contribution >= 0.6 is 0 Å². The average molecular weight is 365 g/mol. The van der Waals surface area contributed by atoms with Crippen LogP contribution in [-0.2, 0) is 16.1 Å². The fourth-order valence-electron chi connectivity index (χ4n) is 2.59. The molecule has 0 aliphatic rings. The van der Waals surface area contributed by atoms with Gasteiger partial charge in [-0.1, -0.05) is 18.2 Å². The second-order valence-corrected chi connectivity index (χ2v) is 5.80. The van der Waals surface area contributed by atoms with Crippen LogP contribution in [-0.4, -0.2) is 25.2 Å². The minimum atomic E-state index is -0.552. The van der Waals surface area contributed by atoms with Crippen molar-refractivity contribution in [3.05, 3.63) is 76.1 Å². The summed E-state index contributed by atoms with van der Waals surface area (Å²) in [4.78, 5) is 26.8. The third-order valence-corrected chi connectivity index (χ3v) is 3.99. The molecule has 0 radical (unpaired) electrons. The van der Waals surface area contributed by atoms with Crippen LogP contribution in [0.4, 0.5) is 0 Å². The van der Waals surface area contributed by atoms with Crippen LogP contribution in [0.3, 0.4) is 0 Å². The highest BCUT2D eigenvalue weighted by molar-refractivity contribution is 5.87. The first-order chi connectivity index (χ1) is 13.1. The fraction of sp³-hybridized carbons (Fsp3) is 0.143. The highest BCUT2D eigenvalue weighted by atomic mass is 16.5. The van der Waals surface area contributed by atoms with Gasteiger partial charge in [0.15, 0.2) is 0 Å². The number of hydrogen-bond acceptors (Lipinski definition) is 5. The minimum absolute atomic E-state index is 0.106. The smallest absolute Gasteiger partial charge is 0.331 e. The molecule has 1 aromatic heterocycles. The lowest BCUT2D eigenvalue weighted by atomic mass is 10.1. The lowest BCUT2D eigenvalue weighted by Crippen LogP contribution is -2.14. The van der Waals surface area contributed by atoms with Crippen molar-refractivity contribution in [3.63, 3.8) is 0 Å². The first-order valence-corrected chi connectivity index (χ1v) is 8.28. The van der Waals surface area contributed by atoms with Crippen molar-refractivity contribution in [3.8, 4) is 11.5 Å². The molecule has 0 saturated carbocycles. The molecule has 0 unspecified atom stereocenters. The number of aromatic nitrogens is 1. The van der Waals surface area contributed by atoms with Gasteiger partial charge in [-0.15, -0.1) is 0 Å². The van der Waals surface area contributed by atoms with E-state index in [1.165, 1.54) is 6.08 Å². The number of methoxy groups -OCH3 is 2. The number of carbonyl (C=O) groups excluding carboxylic acids is 1. The van der Waals surface area contributed by atoms with Crippen LogP contribution in [0, 0.1) is 0 Å². The summed E-state index contributed by atoms with van der Waals surface area (Å²) in [5.74, 6) is 0.680. The number of carbonyl (C=O) groups is 1. The molecule has 0 bridgehead atoms. The second-order valence-electron chi connectivity index (χ2n) is 5.80. The summed E-state index contributed by atoms with van der Waals surface area (Å²) in [6.45, 7) is -0.106. The number of para-hydroxylation sites is 1. The number of benzene rings is 2. The first kappa shape index (κ1) is 18.3. The molecule has 2 aromatic carbocycles. The van der Waals surface area contributed by atoms with Gasteiger partial charge >= 0.3 is 5.97 Å². The molecule has 0 aliphatic heterocycles. The number of ether oxygens (including phenoxy) is 3. The van der Waals surface area contributed by atoms with E-state index in [1.807, 2.05) is 24.3 Å². The van der Waals surface area contributed by atoms with Gasteiger partial charge in [0, 0.05) is 17.7 Å². The number of H-pyrrole nitrogens is 1. The van der Waals surface area contributed by atoms with Crippen molar-refractivity contribution in [2.45, 2.75) is 6.61 Å². The second kappa shape index (κ2) is 8.23. The predicted octanol–water partition coefficient (Wildman–Crippen LogP) is 3.30. The van der Waals surface area contributed by atoms with E-state index in [1.54, 1.807) is 44.6 Å². The quantitative estimate of drug-likeness (QED) is 0.536. The molecule has 138 valence electrons.